The molecule has 0 radical (unpaired) electrons. The summed E-state index contributed by atoms with van der Waals surface area (Å²) in [4.78, 5) is 63.9. The Morgan fingerprint density at radius 1 is 1.22 bits per heavy atom. The van der Waals surface area contributed by atoms with Crippen molar-refractivity contribution >= 4 is 23.4 Å². The van der Waals surface area contributed by atoms with Gasteiger partial charge in [0.15, 0.2) is 12.4 Å². The van der Waals surface area contributed by atoms with Gasteiger partial charge < -0.3 is 20.0 Å². The minimum absolute atomic E-state index is 0.0791. The SMILES string of the molecule is C[C@H]1C[C@@]2(C)[C@@H](C[C@H](C)[C@]2(O)C(=O)COC(=O)CNC(=O)CCCO[N+](=O)[O-])[C@@H]2CCC3=CC(=O)C=C[C@]3(C)[C@@]12F. The van der Waals surface area contributed by atoms with Crippen molar-refractivity contribution in [3.8, 4) is 0 Å². The van der Waals surface area contributed by atoms with Crippen molar-refractivity contribution in [2.24, 2.45) is 34.5 Å². The van der Waals surface area contributed by atoms with Crippen molar-refractivity contribution in [1.29, 1.82) is 0 Å². The molecule has 4 aliphatic rings. The largest absolute Gasteiger partial charge is 0.456 e. The number of ether oxygens (including phenoxy) is 1. The van der Waals surface area contributed by atoms with Crippen LogP contribution in [0, 0.1) is 44.6 Å². The molecule has 3 saturated carbocycles. The van der Waals surface area contributed by atoms with Crippen LogP contribution in [0.2, 0.25) is 0 Å². The van der Waals surface area contributed by atoms with E-state index < -0.39 is 75.8 Å². The molecule has 4 rings (SSSR count). The smallest absolute Gasteiger partial charge is 0.325 e. The number of hydrogen-bond acceptors (Lipinski definition) is 9. The molecule has 0 unspecified atom stereocenters. The van der Waals surface area contributed by atoms with Crippen LogP contribution >= 0.6 is 0 Å². The number of esters is 1. The third-order valence-electron chi connectivity index (χ3n) is 10.5. The number of carbonyl (C=O) groups is 4. The van der Waals surface area contributed by atoms with E-state index in [-0.39, 0.29) is 37.6 Å². The quantitative estimate of drug-likeness (QED) is 0.172. The summed E-state index contributed by atoms with van der Waals surface area (Å²) in [7, 11) is 0. The van der Waals surface area contributed by atoms with Gasteiger partial charge in [0.25, 0.3) is 5.09 Å². The van der Waals surface area contributed by atoms with Gasteiger partial charge in [-0.25, -0.2) is 4.39 Å². The fourth-order valence-electron chi connectivity index (χ4n) is 8.60. The van der Waals surface area contributed by atoms with E-state index >= 15 is 4.39 Å². The summed E-state index contributed by atoms with van der Waals surface area (Å²) in [6, 6.07) is 0. The number of rotatable bonds is 10. The highest BCUT2D eigenvalue weighted by Crippen LogP contribution is 2.72. The fourth-order valence-corrected chi connectivity index (χ4v) is 8.60. The number of hydrogen-bond donors (Lipinski definition) is 2. The molecule has 0 aromatic rings. The number of amides is 1. The number of allylic oxidation sites excluding steroid dienone is 4. The summed E-state index contributed by atoms with van der Waals surface area (Å²) in [5.74, 6) is -3.98. The monoisotopic (exact) mass is 578 g/mol. The van der Waals surface area contributed by atoms with Crippen LogP contribution in [0.25, 0.3) is 0 Å². The number of fused-ring (bicyclic) bond motifs is 5. The minimum Gasteiger partial charge on any atom is -0.456 e. The van der Waals surface area contributed by atoms with Gasteiger partial charge in [-0.2, -0.15) is 0 Å². The molecule has 0 aliphatic heterocycles. The van der Waals surface area contributed by atoms with Gasteiger partial charge in [-0.05, 0) is 74.9 Å². The highest BCUT2D eigenvalue weighted by Gasteiger charge is 2.74. The van der Waals surface area contributed by atoms with Gasteiger partial charge >= 0.3 is 5.97 Å². The fraction of sp³-hybridized carbons (Fsp3) is 0.724. The molecule has 1 amide bonds. The summed E-state index contributed by atoms with van der Waals surface area (Å²) in [6.07, 6.45) is 6.41. The average molecular weight is 579 g/mol. The topological polar surface area (TPSA) is 162 Å². The highest BCUT2D eigenvalue weighted by atomic mass is 19.1. The van der Waals surface area contributed by atoms with Crippen LogP contribution in [0.1, 0.15) is 66.2 Å². The van der Waals surface area contributed by atoms with Gasteiger partial charge in [-0.3, -0.25) is 19.2 Å². The lowest BCUT2D eigenvalue weighted by Gasteiger charge is -2.63. The summed E-state index contributed by atoms with van der Waals surface area (Å²) in [5.41, 5.74) is -4.62. The predicted octanol–water partition coefficient (Wildman–Crippen LogP) is 2.83. The molecule has 0 aromatic carbocycles. The Hall–Kier alpha value is -3.15. The second kappa shape index (κ2) is 10.9. The molecule has 0 bridgehead atoms. The number of aliphatic hydroxyl groups is 1. The normalized spacial score (nSPS) is 39.1. The molecule has 2 N–H and O–H groups in total. The summed E-state index contributed by atoms with van der Waals surface area (Å²) in [6.45, 7) is 5.81. The van der Waals surface area contributed by atoms with Crippen LogP contribution in [0.15, 0.2) is 23.8 Å². The van der Waals surface area contributed by atoms with Gasteiger partial charge in [0.1, 0.15) is 17.8 Å². The maximum atomic E-state index is 17.5. The Morgan fingerprint density at radius 3 is 2.61 bits per heavy atom. The lowest BCUT2D eigenvalue weighted by molar-refractivity contribution is -0.757. The zero-order valence-corrected chi connectivity index (χ0v) is 23.9. The van der Waals surface area contributed by atoms with E-state index in [1.54, 1.807) is 19.1 Å². The van der Waals surface area contributed by atoms with Crippen molar-refractivity contribution < 1.29 is 43.3 Å². The molecule has 12 heteroatoms. The lowest BCUT2D eigenvalue weighted by Crippen LogP contribution is -2.67. The summed E-state index contributed by atoms with van der Waals surface area (Å²) in [5, 5.41) is 23.5. The maximum absolute atomic E-state index is 17.5. The number of halogens is 1. The van der Waals surface area contributed by atoms with Gasteiger partial charge in [-0.1, -0.05) is 32.4 Å². The molecule has 226 valence electrons. The van der Waals surface area contributed by atoms with Crippen LogP contribution < -0.4 is 5.32 Å². The Morgan fingerprint density at radius 2 is 1.93 bits per heavy atom. The molecule has 0 saturated heterocycles. The van der Waals surface area contributed by atoms with Crippen molar-refractivity contribution in [2.75, 3.05) is 19.8 Å². The first kappa shape index (κ1) is 30.8. The van der Waals surface area contributed by atoms with Crippen LogP contribution in [0.4, 0.5) is 4.39 Å². The third-order valence-corrected chi connectivity index (χ3v) is 10.5. The van der Waals surface area contributed by atoms with E-state index in [4.69, 9.17) is 4.74 Å². The molecule has 11 nitrogen and oxygen atoms in total. The van der Waals surface area contributed by atoms with Gasteiger partial charge in [0.05, 0.1) is 6.61 Å². The first-order valence-electron chi connectivity index (χ1n) is 14.2. The third kappa shape index (κ3) is 4.87. The lowest BCUT2D eigenvalue weighted by atomic mass is 9.43. The molecule has 4 aliphatic carbocycles. The number of nitrogens with zero attached hydrogens (tertiary/aromatic N) is 1. The first-order chi connectivity index (χ1) is 19.1. The van der Waals surface area contributed by atoms with Crippen LogP contribution in [0.5, 0.6) is 0 Å². The molecule has 0 spiro atoms. The Bertz CT molecular complexity index is 1200. The van der Waals surface area contributed by atoms with Crippen LogP contribution in [-0.4, -0.2) is 64.7 Å². The van der Waals surface area contributed by atoms with Gasteiger partial charge in [0, 0.05) is 17.3 Å². The molecule has 0 aromatic heterocycles. The first-order valence-corrected chi connectivity index (χ1v) is 14.2. The zero-order valence-electron chi connectivity index (χ0n) is 23.9. The molecular formula is C29H39FN2O9. The molecule has 0 heterocycles. The number of Topliss-reactive ketones (excluding diaryl/α,β-unsaturated/α-hetero) is 1. The van der Waals surface area contributed by atoms with Crippen molar-refractivity contribution in [2.45, 2.75) is 77.5 Å². The average Bonchev–Trinajstić information content (AvgIpc) is 3.11. The molecule has 8 atom stereocenters. The number of ketones is 2. The predicted molar refractivity (Wildman–Crippen MR) is 142 cm³/mol. The standard InChI is InChI=1S/C29H39FN2O9/c1-17-12-22-21-8-7-19-13-20(33)9-10-26(19,3)28(21,30)18(2)14-27(22,4)29(17,37)23(34)16-40-25(36)15-31-24(35)6-5-11-41-32(38)39/h9-10,13,17-18,21-22,37H,5-8,11-12,14-16H2,1-4H3,(H,31,35)/t17-,18-,21-,22-,26-,27-,28+,29-/m0/s1. The number of nitrogens with one attached hydrogen (secondary N) is 1. The van der Waals surface area contributed by atoms with E-state index in [0.717, 1.165) is 5.57 Å². The van der Waals surface area contributed by atoms with E-state index in [0.29, 0.717) is 19.3 Å². The second-order valence-electron chi connectivity index (χ2n) is 12.6. The van der Waals surface area contributed by atoms with Crippen molar-refractivity contribution in [3.63, 3.8) is 0 Å². The zero-order chi connectivity index (χ0) is 30.4. The van der Waals surface area contributed by atoms with E-state index in [2.05, 4.69) is 10.2 Å². The van der Waals surface area contributed by atoms with Crippen LogP contribution in [-0.2, 0) is 28.8 Å². The minimum atomic E-state index is -1.84. The second-order valence-corrected chi connectivity index (χ2v) is 12.6. The van der Waals surface area contributed by atoms with Crippen LogP contribution in [0.3, 0.4) is 0 Å². The van der Waals surface area contributed by atoms with E-state index in [1.165, 1.54) is 6.08 Å². The molecular weight excluding hydrogens is 539 g/mol. The summed E-state index contributed by atoms with van der Waals surface area (Å²) >= 11 is 0. The highest BCUT2D eigenvalue weighted by molar-refractivity contribution is 6.01. The van der Waals surface area contributed by atoms with Crippen molar-refractivity contribution in [3.05, 3.63) is 33.9 Å². The van der Waals surface area contributed by atoms with Crippen molar-refractivity contribution in [1.82, 2.24) is 5.32 Å². The van der Waals surface area contributed by atoms with E-state index in [9.17, 15) is 34.4 Å². The summed E-state index contributed by atoms with van der Waals surface area (Å²) < 4.78 is 22.6. The Balaban J connectivity index is 1.42. The molecule has 3 fully saturated rings. The van der Waals surface area contributed by atoms with Gasteiger partial charge in [0.2, 0.25) is 11.7 Å². The van der Waals surface area contributed by atoms with Gasteiger partial charge in [-0.15, -0.1) is 10.1 Å². The van der Waals surface area contributed by atoms with E-state index in [1.807, 2.05) is 20.8 Å². The number of carbonyl (C=O) groups excluding carboxylic acids is 4. The maximum Gasteiger partial charge on any atom is 0.325 e. The Kier molecular flexibility index (Phi) is 8.20. The number of alkyl halides is 1. The molecule has 41 heavy (non-hydrogen) atoms. The Labute approximate surface area is 238 Å².